The Labute approximate surface area is 111 Å². The van der Waals surface area contributed by atoms with E-state index in [1.165, 1.54) is 6.26 Å². The average molecular weight is 320 g/mol. The van der Waals surface area contributed by atoms with Crippen molar-refractivity contribution < 1.29 is 8.42 Å². The van der Waals surface area contributed by atoms with Crippen LogP contribution in [0.15, 0.2) is 28.7 Å². The van der Waals surface area contributed by atoms with E-state index in [9.17, 15) is 8.42 Å². The van der Waals surface area contributed by atoms with Crippen LogP contribution in [0.25, 0.3) is 0 Å². The van der Waals surface area contributed by atoms with Gasteiger partial charge in [0.2, 0.25) is 0 Å². The third-order valence-corrected chi connectivity index (χ3v) is 4.45. The van der Waals surface area contributed by atoms with Crippen LogP contribution in [-0.2, 0) is 9.84 Å². The van der Waals surface area contributed by atoms with Crippen molar-refractivity contribution in [3.63, 3.8) is 0 Å². The summed E-state index contributed by atoms with van der Waals surface area (Å²) >= 11 is 3.50. The molecule has 0 heterocycles. The maximum atomic E-state index is 11.1. The molecule has 0 aliphatic heterocycles. The van der Waals surface area contributed by atoms with Crippen LogP contribution in [0.3, 0.4) is 0 Å². The summed E-state index contributed by atoms with van der Waals surface area (Å²) in [5.74, 6) is 0.445. The molecule has 1 rings (SSSR count). The van der Waals surface area contributed by atoms with Gasteiger partial charge in [-0.2, -0.15) is 0 Å². The Balaban J connectivity index is 2.64. The Morgan fingerprint density at radius 3 is 2.53 bits per heavy atom. The predicted octanol–water partition coefficient (Wildman–Crippen LogP) is 2.32. The van der Waals surface area contributed by atoms with Gasteiger partial charge in [-0.1, -0.05) is 34.1 Å². The first-order valence-electron chi connectivity index (χ1n) is 5.56. The fourth-order valence-electron chi connectivity index (χ4n) is 1.80. The lowest BCUT2D eigenvalue weighted by atomic mass is 9.95. The number of rotatable bonds is 6. The van der Waals surface area contributed by atoms with Crippen LogP contribution >= 0.6 is 15.9 Å². The molecule has 0 saturated carbocycles. The Bertz CT molecular complexity index is 459. The van der Waals surface area contributed by atoms with Gasteiger partial charge in [0, 0.05) is 16.5 Å². The highest BCUT2D eigenvalue weighted by Gasteiger charge is 2.13. The van der Waals surface area contributed by atoms with Gasteiger partial charge in [-0.15, -0.1) is 0 Å². The minimum absolute atomic E-state index is 0.215. The molecule has 0 spiro atoms. The highest BCUT2D eigenvalue weighted by Crippen LogP contribution is 2.27. The molecule has 96 valence electrons. The summed E-state index contributed by atoms with van der Waals surface area (Å²) in [5.41, 5.74) is 6.91. The molecule has 0 amide bonds. The normalized spacial score (nSPS) is 13.6. The molecule has 0 aromatic heterocycles. The van der Waals surface area contributed by atoms with Crippen LogP contribution in [0.1, 0.15) is 24.3 Å². The number of benzene rings is 1. The third kappa shape index (κ3) is 5.19. The summed E-state index contributed by atoms with van der Waals surface area (Å²) in [6, 6.07) is 7.94. The predicted molar refractivity (Wildman–Crippen MR) is 74.9 cm³/mol. The number of nitrogens with two attached hydrogens (primary N) is 1. The number of hydrogen-bond acceptors (Lipinski definition) is 3. The van der Waals surface area contributed by atoms with Crippen molar-refractivity contribution in [2.24, 2.45) is 5.73 Å². The molecule has 0 bridgehead atoms. The van der Waals surface area contributed by atoms with Crippen LogP contribution in [0.2, 0.25) is 0 Å². The molecule has 0 saturated heterocycles. The average Bonchev–Trinajstić information content (AvgIpc) is 2.24. The monoisotopic (exact) mass is 319 g/mol. The van der Waals surface area contributed by atoms with Gasteiger partial charge in [-0.05, 0) is 36.9 Å². The van der Waals surface area contributed by atoms with E-state index in [2.05, 4.69) is 15.9 Å². The number of halogens is 1. The molecule has 17 heavy (non-hydrogen) atoms. The van der Waals surface area contributed by atoms with Crippen molar-refractivity contribution in [3.05, 3.63) is 34.3 Å². The Morgan fingerprint density at radius 1 is 1.35 bits per heavy atom. The van der Waals surface area contributed by atoms with Crippen molar-refractivity contribution >= 4 is 25.8 Å². The van der Waals surface area contributed by atoms with E-state index in [-0.39, 0.29) is 11.7 Å². The summed E-state index contributed by atoms with van der Waals surface area (Å²) in [7, 11) is -2.87. The van der Waals surface area contributed by atoms with Gasteiger partial charge in [-0.25, -0.2) is 8.42 Å². The lowest BCUT2D eigenvalue weighted by Crippen LogP contribution is -2.14. The van der Waals surface area contributed by atoms with Crippen molar-refractivity contribution in [2.75, 3.05) is 18.6 Å². The first-order valence-corrected chi connectivity index (χ1v) is 8.41. The molecule has 1 aromatic carbocycles. The first kappa shape index (κ1) is 14.7. The van der Waals surface area contributed by atoms with Gasteiger partial charge in [0.15, 0.2) is 0 Å². The van der Waals surface area contributed by atoms with Crippen molar-refractivity contribution in [2.45, 2.75) is 18.8 Å². The standard InChI is InChI=1S/C12H18BrNO2S/c1-17(15,16)8-4-5-10(9-14)11-6-2-3-7-12(11)13/h2-3,6-7,10H,4-5,8-9,14H2,1H3. The quantitative estimate of drug-likeness (QED) is 0.875. The smallest absolute Gasteiger partial charge is 0.147 e. The lowest BCUT2D eigenvalue weighted by molar-refractivity contribution is 0.584. The fraction of sp³-hybridized carbons (Fsp3) is 0.500. The third-order valence-electron chi connectivity index (χ3n) is 2.70. The van der Waals surface area contributed by atoms with Crippen molar-refractivity contribution in [1.82, 2.24) is 0 Å². The molecule has 1 atom stereocenters. The second-order valence-corrected chi connectivity index (χ2v) is 7.34. The molecular formula is C12H18BrNO2S. The fourth-order valence-corrected chi connectivity index (χ4v) is 3.10. The maximum Gasteiger partial charge on any atom is 0.147 e. The van der Waals surface area contributed by atoms with E-state index in [0.29, 0.717) is 13.0 Å². The zero-order valence-corrected chi connectivity index (χ0v) is 12.3. The van der Waals surface area contributed by atoms with E-state index in [1.54, 1.807) is 0 Å². The second-order valence-electron chi connectivity index (χ2n) is 4.23. The van der Waals surface area contributed by atoms with E-state index in [1.807, 2.05) is 24.3 Å². The topological polar surface area (TPSA) is 60.2 Å². The molecule has 0 aliphatic rings. The Hall–Kier alpha value is -0.390. The van der Waals surface area contributed by atoms with E-state index in [0.717, 1.165) is 16.5 Å². The molecule has 1 aromatic rings. The molecule has 5 heteroatoms. The highest BCUT2D eigenvalue weighted by atomic mass is 79.9. The summed E-state index contributed by atoms with van der Waals surface area (Å²) in [6.45, 7) is 0.534. The van der Waals surface area contributed by atoms with Gasteiger partial charge < -0.3 is 5.73 Å². The number of sulfone groups is 1. The van der Waals surface area contributed by atoms with Gasteiger partial charge >= 0.3 is 0 Å². The van der Waals surface area contributed by atoms with Crippen LogP contribution in [0, 0.1) is 0 Å². The number of hydrogen-bond donors (Lipinski definition) is 1. The molecule has 0 fully saturated rings. The van der Waals surface area contributed by atoms with E-state index in [4.69, 9.17) is 5.73 Å². The zero-order chi connectivity index (χ0) is 12.9. The second kappa shape index (κ2) is 6.52. The van der Waals surface area contributed by atoms with Crippen LogP contribution < -0.4 is 5.73 Å². The molecular weight excluding hydrogens is 302 g/mol. The van der Waals surface area contributed by atoms with Gasteiger partial charge in [0.1, 0.15) is 9.84 Å². The minimum atomic E-state index is -2.87. The molecule has 3 nitrogen and oxygen atoms in total. The summed E-state index contributed by atoms with van der Waals surface area (Å²) < 4.78 is 23.2. The summed E-state index contributed by atoms with van der Waals surface area (Å²) in [5, 5.41) is 0. The van der Waals surface area contributed by atoms with E-state index >= 15 is 0 Å². The highest BCUT2D eigenvalue weighted by molar-refractivity contribution is 9.10. The summed E-state index contributed by atoms with van der Waals surface area (Å²) in [4.78, 5) is 0. The molecule has 2 N–H and O–H groups in total. The Kier molecular flexibility index (Phi) is 5.62. The zero-order valence-electron chi connectivity index (χ0n) is 9.90. The van der Waals surface area contributed by atoms with E-state index < -0.39 is 9.84 Å². The minimum Gasteiger partial charge on any atom is -0.330 e. The van der Waals surface area contributed by atoms with Crippen LogP contribution in [-0.4, -0.2) is 27.0 Å². The molecule has 1 unspecified atom stereocenters. The lowest BCUT2D eigenvalue weighted by Gasteiger charge is -2.16. The maximum absolute atomic E-state index is 11.1. The first-order chi connectivity index (χ1) is 7.94. The van der Waals surface area contributed by atoms with Crippen LogP contribution in [0.5, 0.6) is 0 Å². The van der Waals surface area contributed by atoms with Crippen molar-refractivity contribution in [3.8, 4) is 0 Å². The van der Waals surface area contributed by atoms with Crippen molar-refractivity contribution in [1.29, 1.82) is 0 Å². The molecule has 0 aliphatic carbocycles. The summed E-state index contributed by atoms with van der Waals surface area (Å²) in [6.07, 6.45) is 2.72. The largest absolute Gasteiger partial charge is 0.330 e. The Morgan fingerprint density at radius 2 is 2.00 bits per heavy atom. The molecule has 0 radical (unpaired) electrons. The van der Waals surface area contributed by atoms with Gasteiger partial charge in [0.05, 0.1) is 0 Å². The van der Waals surface area contributed by atoms with Crippen LogP contribution in [0.4, 0.5) is 0 Å². The van der Waals surface area contributed by atoms with Gasteiger partial charge in [-0.3, -0.25) is 0 Å². The van der Waals surface area contributed by atoms with Gasteiger partial charge in [0.25, 0.3) is 0 Å². The SMILES string of the molecule is CS(=O)(=O)CCCC(CN)c1ccccc1Br.